The first-order valence-corrected chi connectivity index (χ1v) is 17.8. The van der Waals surface area contributed by atoms with Crippen LogP contribution in [0.3, 0.4) is 0 Å². The van der Waals surface area contributed by atoms with Gasteiger partial charge in [0.2, 0.25) is 9.84 Å². The molecule has 2 aromatic carbocycles. The van der Waals surface area contributed by atoms with Crippen LogP contribution in [0.25, 0.3) is 10.9 Å². The first-order chi connectivity index (χ1) is 21.4. The van der Waals surface area contributed by atoms with Crippen LogP contribution in [0.1, 0.15) is 39.5 Å². The lowest BCUT2D eigenvalue weighted by atomic mass is 9.99. The van der Waals surface area contributed by atoms with Gasteiger partial charge in [0.25, 0.3) is 0 Å². The second-order valence-electron chi connectivity index (χ2n) is 12.2. The first kappa shape index (κ1) is 31.1. The van der Waals surface area contributed by atoms with E-state index < -0.39 is 9.84 Å². The maximum atomic E-state index is 14.1. The molecule has 3 fully saturated rings. The number of methoxy groups -OCH3 is 1. The molecule has 10 heteroatoms. The van der Waals surface area contributed by atoms with Crippen molar-refractivity contribution in [3.63, 3.8) is 0 Å². The van der Waals surface area contributed by atoms with Gasteiger partial charge in [0.1, 0.15) is 16.4 Å². The molecular weight excluding hydrogens is 574 g/mol. The number of hydrogen-bond acceptors (Lipinski definition) is 9. The van der Waals surface area contributed by atoms with Crippen molar-refractivity contribution < 1.29 is 17.9 Å². The predicted octanol–water partition coefficient (Wildman–Crippen LogP) is 4.55. The number of likely N-dealkylation sites (tertiary alicyclic amines) is 1. The molecule has 0 radical (unpaired) electrons. The van der Waals surface area contributed by atoms with E-state index >= 15 is 0 Å². The Balaban J connectivity index is 1.20. The van der Waals surface area contributed by atoms with Gasteiger partial charge in [-0.15, -0.1) is 0 Å². The molecule has 0 bridgehead atoms. The summed E-state index contributed by atoms with van der Waals surface area (Å²) in [5, 5.41) is 0.803. The van der Waals surface area contributed by atoms with Crippen molar-refractivity contribution in [2.24, 2.45) is 0 Å². The SMILES string of the molecule is CCOc1ccc(S(=O)(=O)c2cnc3ccc(OC)cc3c2N2CCC(N3CCN(C4CCN(CC)CC4)CC3)CC2)cc1. The zero-order valence-electron chi connectivity index (χ0n) is 26.5. The molecule has 0 spiro atoms. The van der Waals surface area contributed by atoms with Gasteiger partial charge >= 0.3 is 0 Å². The van der Waals surface area contributed by atoms with Crippen LogP contribution >= 0.6 is 0 Å². The second-order valence-corrected chi connectivity index (χ2v) is 14.1. The maximum absolute atomic E-state index is 14.1. The van der Waals surface area contributed by atoms with E-state index in [-0.39, 0.29) is 9.79 Å². The van der Waals surface area contributed by atoms with E-state index in [1.807, 2.05) is 25.1 Å². The van der Waals surface area contributed by atoms with Crippen LogP contribution in [0.2, 0.25) is 0 Å². The van der Waals surface area contributed by atoms with Gasteiger partial charge in [-0.1, -0.05) is 6.92 Å². The minimum atomic E-state index is -3.84. The maximum Gasteiger partial charge on any atom is 0.210 e. The third kappa shape index (κ3) is 6.40. The summed E-state index contributed by atoms with van der Waals surface area (Å²) in [6.45, 7) is 14.4. The summed E-state index contributed by atoms with van der Waals surface area (Å²) in [4.78, 5) is 15.3. The number of piperidine rings is 2. The van der Waals surface area contributed by atoms with Gasteiger partial charge < -0.3 is 19.3 Å². The number of benzene rings is 2. The molecular formula is C34H47N5O4S. The fourth-order valence-electron chi connectivity index (χ4n) is 7.32. The van der Waals surface area contributed by atoms with E-state index in [2.05, 4.69) is 31.5 Å². The Morgan fingerprint density at radius 1 is 0.795 bits per heavy atom. The summed E-state index contributed by atoms with van der Waals surface area (Å²) < 4.78 is 39.3. The van der Waals surface area contributed by atoms with Crippen molar-refractivity contribution in [3.8, 4) is 11.5 Å². The van der Waals surface area contributed by atoms with Gasteiger partial charge in [0, 0.05) is 62.9 Å². The molecule has 238 valence electrons. The standard InChI is InChI=1S/C34H47N5O4S/c1-4-36-16-12-26(13-17-36)37-20-22-38(23-21-37)27-14-18-39(19-15-27)34-31-24-29(42-3)8-11-32(31)35-25-33(34)44(40,41)30-9-6-28(7-10-30)43-5-2/h6-11,24-27H,4-5,12-23H2,1-3H3. The number of sulfone groups is 1. The fraction of sp³-hybridized carbons (Fsp3) is 0.559. The third-order valence-electron chi connectivity index (χ3n) is 9.91. The van der Waals surface area contributed by atoms with Crippen molar-refractivity contribution in [2.75, 3.05) is 77.5 Å². The highest BCUT2D eigenvalue weighted by atomic mass is 32.2. The number of pyridine rings is 1. The molecule has 44 heavy (non-hydrogen) atoms. The average Bonchev–Trinajstić information content (AvgIpc) is 3.08. The summed E-state index contributed by atoms with van der Waals surface area (Å²) in [5.41, 5.74) is 1.49. The van der Waals surface area contributed by atoms with Crippen LogP contribution in [0.4, 0.5) is 5.69 Å². The molecule has 3 aliphatic heterocycles. The molecule has 3 aliphatic rings. The van der Waals surface area contributed by atoms with E-state index in [1.165, 1.54) is 32.1 Å². The number of piperazine rings is 1. The molecule has 3 saturated heterocycles. The van der Waals surface area contributed by atoms with Gasteiger partial charge in [-0.2, -0.15) is 0 Å². The van der Waals surface area contributed by atoms with Gasteiger partial charge in [-0.05, 0) is 94.7 Å². The molecule has 0 aliphatic carbocycles. The number of fused-ring (bicyclic) bond motifs is 1. The van der Waals surface area contributed by atoms with Crippen LogP contribution in [-0.2, 0) is 9.84 Å². The first-order valence-electron chi connectivity index (χ1n) is 16.3. The highest BCUT2D eigenvalue weighted by molar-refractivity contribution is 7.91. The van der Waals surface area contributed by atoms with E-state index in [0.29, 0.717) is 24.1 Å². The Kier molecular flexibility index (Phi) is 9.61. The Morgan fingerprint density at radius 2 is 1.39 bits per heavy atom. The van der Waals surface area contributed by atoms with Gasteiger partial charge in [-0.25, -0.2) is 8.42 Å². The lowest BCUT2D eigenvalue weighted by Crippen LogP contribution is -2.56. The normalized spacial score (nSPS) is 20.3. The molecule has 4 heterocycles. The number of rotatable bonds is 9. The fourth-order valence-corrected chi connectivity index (χ4v) is 8.75. The van der Waals surface area contributed by atoms with E-state index in [1.54, 1.807) is 31.4 Å². The Morgan fingerprint density at radius 3 is 1.95 bits per heavy atom. The lowest BCUT2D eigenvalue weighted by Gasteiger charge is -2.46. The molecule has 1 aromatic heterocycles. The third-order valence-corrected chi connectivity index (χ3v) is 11.7. The highest BCUT2D eigenvalue weighted by Gasteiger charge is 2.33. The Bertz CT molecular complexity index is 1510. The molecule has 0 N–H and O–H groups in total. The number of hydrogen-bond donors (Lipinski definition) is 0. The number of aromatic nitrogens is 1. The largest absolute Gasteiger partial charge is 0.497 e. The summed E-state index contributed by atoms with van der Waals surface area (Å²) in [7, 11) is -2.20. The van der Waals surface area contributed by atoms with Gasteiger partial charge in [-0.3, -0.25) is 14.8 Å². The smallest absolute Gasteiger partial charge is 0.210 e. The minimum Gasteiger partial charge on any atom is -0.497 e. The Hall–Kier alpha value is -2.92. The molecule has 0 atom stereocenters. The summed E-state index contributed by atoms with van der Waals surface area (Å²) in [6, 6.07) is 13.6. The zero-order chi connectivity index (χ0) is 30.7. The monoisotopic (exact) mass is 621 g/mol. The van der Waals surface area contributed by atoms with E-state index in [4.69, 9.17) is 9.47 Å². The van der Waals surface area contributed by atoms with Crippen LogP contribution in [-0.4, -0.2) is 113 Å². The van der Waals surface area contributed by atoms with Gasteiger partial charge in [0.15, 0.2) is 0 Å². The van der Waals surface area contributed by atoms with Crippen molar-refractivity contribution in [1.82, 2.24) is 19.7 Å². The van der Waals surface area contributed by atoms with Crippen molar-refractivity contribution in [3.05, 3.63) is 48.7 Å². The molecule has 6 rings (SSSR count). The van der Waals surface area contributed by atoms with Crippen molar-refractivity contribution in [2.45, 2.75) is 61.4 Å². The van der Waals surface area contributed by atoms with E-state index in [0.717, 1.165) is 81.3 Å². The van der Waals surface area contributed by atoms with E-state index in [9.17, 15) is 8.42 Å². The summed E-state index contributed by atoms with van der Waals surface area (Å²) in [5.74, 6) is 1.34. The van der Waals surface area contributed by atoms with Crippen LogP contribution in [0, 0.1) is 0 Å². The van der Waals surface area contributed by atoms with Crippen LogP contribution < -0.4 is 14.4 Å². The van der Waals surface area contributed by atoms with Crippen molar-refractivity contribution in [1.29, 1.82) is 0 Å². The molecule has 0 unspecified atom stereocenters. The number of nitrogens with zero attached hydrogens (tertiary/aromatic N) is 5. The van der Waals surface area contributed by atoms with Crippen LogP contribution in [0.15, 0.2) is 58.5 Å². The highest BCUT2D eigenvalue weighted by Crippen LogP contribution is 2.39. The molecule has 0 saturated carbocycles. The molecule has 3 aromatic rings. The number of ether oxygens (including phenoxy) is 2. The zero-order valence-corrected chi connectivity index (χ0v) is 27.3. The average molecular weight is 622 g/mol. The minimum absolute atomic E-state index is 0.236. The quantitative estimate of drug-likeness (QED) is 0.342. The van der Waals surface area contributed by atoms with Crippen LogP contribution in [0.5, 0.6) is 11.5 Å². The Labute approximate surface area is 262 Å². The molecule has 0 amide bonds. The number of anilines is 1. The summed E-state index contributed by atoms with van der Waals surface area (Å²) >= 11 is 0. The second kappa shape index (κ2) is 13.6. The van der Waals surface area contributed by atoms with Crippen molar-refractivity contribution >= 4 is 26.4 Å². The predicted molar refractivity (Wildman–Crippen MR) is 175 cm³/mol. The topological polar surface area (TPSA) is 78.4 Å². The molecule has 9 nitrogen and oxygen atoms in total. The summed E-state index contributed by atoms with van der Waals surface area (Å²) in [6.07, 6.45) is 6.13. The lowest BCUT2D eigenvalue weighted by molar-refractivity contribution is 0.0384. The van der Waals surface area contributed by atoms with Gasteiger partial charge in [0.05, 0.1) is 29.8 Å².